The molecule has 34 heavy (non-hydrogen) atoms. The first-order chi connectivity index (χ1) is 16.6. The Kier molecular flexibility index (Phi) is 14.4. The molecule has 2 aromatic rings. The second kappa shape index (κ2) is 17.4. The molecule has 3 nitrogen and oxygen atoms in total. The van der Waals surface area contributed by atoms with Crippen LogP contribution in [0, 0.1) is 0 Å². The van der Waals surface area contributed by atoms with E-state index in [0.717, 1.165) is 12.0 Å². The summed E-state index contributed by atoms with van der Waals surface area (Å²) in [7, 11) is 0. The molecule has 0 bridgehead atoms. The van der Waals surface area contributed by atoms with Crippen molar-refractivity contribution >= 4 is 0 Å². The van der Waals surface area contributed by atoms with E-state index in [-0.39, 0.29) is 19.4 Å². The maximum atomic E-state index is 13.9. The van der Waals surface area contributed by atoms with Crippen molar-refractivity contribution in [3.8, 4) is 17.1 Å². The van der Waals surface area contributed by atoms with Crippen molar-refractivity contribution < 1.29 is 13.5 Å². The summed E-state index contributed by atoms with van der Waals surface area (Å²) in [6.07, 6.45) is 16.4. The number of benzene rings is 1. The number of halogens is 2. The Labute approximate surface area is 205 Å². The van der Waals surface area contributed by atoms with Crippen molar-refractivity contribution in [3.63, 3.8) is 0 Å². The summed E-state index contributed by atoms with van der Waals surface area (Å²) in [5.41, 5.74) is 2.30. The molecule has 0 fully saturated rings. The van der Waals surface area contributed by atoms with Gasteiger partial charge in [-0.2, -0.15) is 0 Å². The smallest absolute Gasteiger partial charge is 0.159 e. The van der Waals surface area contributed by atoms with Crippen LogP contribution < -0.4 is 4.74 Å². The highest BCUT2D eigenvalue weighted by Gasteiger charge is 2.12. The summed E-state index contributed by atoms with van der Waals surface area (Å²) >= 11 is 0. The van der Waals surface area contributed by atoms with Crippen LogP contribution in [-0.4, -0.2) is 28.9 Å². The third-order valence-corrected chi connectivity index (χ3v) is 6.33. The lowest BCUT2D eigenvalue weighted by molar-refractivity contribution is 0.169. The Bertz CT molecular complexity index is 752. The van der Waals surface area contributed by atoms with Gasteiger partial charge in [0.15, 0.2) is 11.6 Å². The van der Waals surface area contributed by atoms with Gasteiger partial charge in [0.1, 0.15) is 12.8 Å². The molecule has 0 saturated heterocycles. The molecular formula is C29H44F2N2O. The number of rotatable bonds is 19. The van der Waals surface area contributed by atoms with E-state index in [4.69, 9.17) is 4.74 Å². The van der Waals surface area contributed by atoms with E-state index in [1.165, 1.54) is 69.8 Å². The minimum atomic E-state index is -1.19. The molecular weight excluding hydrogens is 430 g/mol. The summed E-state index contributed by atoms with van der Waals surface area (Å²) in [4.78, 5) is 8.71. The molecule has 2 rings (SSSR count). The highest BCUT2D eigenvalue weighted by Crippen LogP contribution is 2.19. The summed E-state index contributed by atoms with van der Waals surface area (Å²) in [5.74, 6) is 1.05. The standard InChI is InChI=1S/C29H44F2N2O/c1-3-5-6-7-8-9-10-11-12-13-14-24-15-17-25(18-16-24)29-32-21-28(22-33-29)34-23-27(31)20-19-26(30)4-2/h15-18,21-22,26-27H,3-14,19-20,23H2,1-2H3. The predicted octanol–water partition coefficient (Wildman–Crippen LogP) is 8.85. The van der Waals surface area contributed by atoms with Gasteiger partial charge in [-0.15, -0.1) is 0 Å². The van der Waals surface area contributed by atoms with Crippen molar-refractivity contribution in [1.82, 2.24) is 9.97 Å². The van der Waals surface area contributed by atoms with E-state index in [1.807, 2.05) is 0 Å². The van der Waals surface area contributed by atoms with Gasteiger partial charge < -0.3 is 4.74 Å². The maximum absolute atomic E-state index is 13.9. The van der Waals surface area contributed by atoms with E-state index in [0.29, 0.717) is 18.0 Å². The van der Waals surface area contributed by atoms with Crippen LogP contribution in [0.2, 0.25) is 0 Å². The summed E-state index contributed by atoms with van der Waals surface area (Å²) < 4.78 is 32.5. The second-order valence-electron chi connectivity index (χ2n) is 9.36. The quantitative estimate of drug-likeness (QED) is 0.191. The number of hydrogen-bond acceptors (Lipinski definition) is 3. The van der Waals surface area contributed by atoms with E-state index >= 15 is 0 Å². The molecule has 0 aliphatic rings. The number of ether oxygens (including phenoxy) is 1. The third kappa shape index (κ3) is 11.9. The van der Waals surface area contributed by atoms with Crippen LogP contribution in [-0.2, 0) is 6.42 Å². The molecule has 5 heteroatoms. The maximum Gasteiger partial charge on any atom is 0.159 e. The molecule has 1 aromatic heterocycles. The van der Waals surface area contributed by atoms with Crippen LogP contribution in [0.5, 0.6) is 5.75 Å². The van der Waals surface area contributed by atoms with E-state index < -0.39 is 12.3 Å². The molecule has 2 atom stereocenters. The molecule has 2 unspecified atom stereocenters. The molecule has 0 aliphatic carbocycles. The zero-order valence-corrected chi connectivity index (χ0v) is 21.3. The van der Waals surface area contributed by atoms with Crippen LogP contribution in [0.25, 0.3) is 11.4 Å². The molecule has 0 aliphatic heterocycles. The zero-order chi connectivity index (χ0) is 24.4. The SMILES string of the molecule is CCCCCCCCCCCCc1ccc(-c2ncc(OCC(F)CCC(F)CC)cn2)cc1. The summed E-state index contributed by atoms with van der Waals surface area (Å²) in [6, 6.07) is 8.42. The van der Waals surface area contributed by atoms with Gasteiger partial charge >= 0.3 is 0 Å². The fourth-order valence-electron chi connectivity index (χ4n) is 4.01. The molecule has 0 N–H and O–H groups in total. The monoisotopic (exact) mass is 474 g/mol. The van der Waals surface area contributed by atoms with Gasteiger partial charge in [-0.05, 0) is 37.7 Å². The summed E-state index contributed by atoms with van der Waals surface area (Å²) in [6.45, 7) is 3.92. The van der Waals surface area contributed by atoms with Gasteiger partial charge in [0.05, 0.1) is 18.6 Å². The molecule has 190 valence electrons. The van der Waals surface area contributed by atoms with Crippen LogP contribution in [0.3, 0.4) is 0 Å². The van der Waals surface area contributed by atoms with Gasteiger partial charge in [-0.1, -0.05) is 95.9 Å². The fraction of sp³-hybridized carbons (Fsp3) is 0.655. The Morgan fingerprint density at radius 3 is 1.88 bits per heavy atom. The number of unbranched alkanes of at least 4 members (excludes halogenated alkanes) is 9. The van der Waals surface area contributed by atoms with Gasteiger partial charge in [0.2, 0.25) is 0 Å². The summed E-state index contributed by atoms with van der Waals surface area (Å²) in [5, 5.41) is 0. The first kappa shape index (κ1) is 28.2. The Morgan fingerprint density at radius 1 is 0.735 bits per heavy atom. The minimum Gasteiger partial charge on any atom is -0.487 e. The van der Waals surface area contributed by atoms with Crippen molar-refractivity contribution in [2.75, 3.05) is 6.61 Å². The molecule has 1 heterocycles. The van der Waals surface area contributed by atoms with Crippen molar-refractivity contribution in [2.45, 2.75) is 116 Å². The number of aromatic nitrogens is 2. The second-order valence-corrected chi connectivity index (χ2v) is 9.36. The van der Waals surface area contributed by atoms with Crippen molar-refractivity contribution in [1.29, 1.82) is 0 Å². The molecule has 0 saturated carbocycles. The van der Waals surface area contributed by atoms with Crippen molar-refractivity contribution in [2.24, 2.45) is 0 Å². The third-order valence-electron chi connectivity index (χ3n) is 6.33. The van der Waals surface area contributed by atoms with Gasteiger partial charge in [-0.25, -0.2) is 18.7 Å². The normalized spacial score (nSPS) is 13.1. The Balaban J connectivity index is 1.63. The lowest BCUT2D eigenvalue weighted by atomic mass is 10.0. The lowest BCUT2D eigenvalue weighted by Crippen LogP contribution is -2.15. The fourth-order valence-corrected chi connectivity index (χ4v) is 4.01. The Hall–Kier alpha value is -2.04. The number of alkyl halides is 2. The largest absolute Gasteiger partial charge is 0.487 e. The van der Waals surface area contributed by atoms with E-state index in [9.17, 15) is 8.78 Å². The Morgan fingerprint density at radius 2 is 1.29 bits per heavy atom. The molecule has 0 amide bonds. The predicted molar refractivity (Wildman–Crippen MR) is 138 cm³/mol. The molecule has 1 aromatic carbocycles. The van der Waals surface area contributed by atoms with E-state index in [2.05, 4.69) is 41.2 Å². The minimum absolute atomic E-state index is 0.104. The van der Waals surface area contributed by atoms with Crippen molar-refractivity contribution in [3.05, 3.63) is 42.2 Å². The van der Waals surface area contributed by atoms with Crippen LogP contribution in [0.4, 0.5) is 8.78 Å². The highest BCUT2D eigenvalue weighted by atomic mass is 19.1. The van der Waals surface area contributed by atoms with E-state index in [1.54, 1.807) is 19.3 Å². The number of hydrogen-bond donors (Lipinski definition) is 0. The molecule has 0 radical (unpaired) electrons. The van der Waals surface area contributed by atoms with Crippen LogP contribution >= 0.6 is 0 Å². The average molecular weight is 475 g/mol. The highest BCUT2D eigenvalue weighted by molar-refractivity contribution is 5.55. The number of nitrogens with zero attached hydrogens (tertiary/aromatic N) is 2. The first-order valence-corrected chi connectivity index (χ1v) is 13.4. The molecule has 0 spiro atoms. The first-order valence-electron chi connectivity index (χ1n) is 13.4. The zero-order valence-electron chi connectivity index (χ0n) is 21.3. The average Bonchev–Trinajstić information content (AvgIpc) is 2.87. The topological polar surface area (TPSA) is 35.0 Å². The van der Waals surface area contributed by atoms with Gasteiger partial charge in [0, 0.05) is 5.56 Å². The van der Waals surface area contributed by atoms with Crippen LogP contribution in [0.1, 0.15) is 103 Å². The number of aryl methyl sites for hydroxylation is 1. The van der Waals surface area contributed by atoms with Gasteiger partial charge in [-0.3, -0.25) is 0 Å². The van der Waals surface area contributed by atoms with Gasteiger partial charge in [0.25, 0.3) is 0 Å². The van der Waals surface area contributed by atoms with Crippen LogP contribution in [0.15, 0.2) is 36.7 Å². The lowest BCUT2D eigenvalue weighted by Gasteiger charge is -2.11.